The highest BCUT2D eigenvalue weighted by Gasteiger charge is 2.06. The van der Waals surface area contributed by atoms with Crippen molar-refractivity contribution in [1.82, 2.24) is 15.3 Å². The smallest absolute Gasteiger partial charge is 0.174 e. The lowest BCUT2D eigenvalue weighted by Crippen LogP contribution is -2.19. The predicted molar refractivity (Wildman–Crippen MR) is 71.4 cm³/mol. The van der Waals surface area contributed by atoms with Crippen LogP contribution in [0.3, 0.4) is 0 Å². The van der Waals surface area contributed by atoms with Crippen molar-refractivity contribution in [3.63, 3.8) is 0 Å². The summed E-state index contributed by atoms with van der Waals surface area (Å²) in [6.45, 7) is 2.83. The zero-order valence-corrected chi connectivity index (χ0v) is 10.8. The second-order valence-electron chi connectivity index (χ2n) is 4.17. The predicted octanol–water partition coefficient (Wildman–Crippen LogP) is 2.16. The van der Waals surface area contributed by atoms with Gasteiger partial charge < -0.3 is 15.0 Å². The molecule has 0 aliphatic heterocycles. The number of hydrogen-bond acceptors (Lipinski definition) is 4. The van der Waals surface area contributed by atoms with E-state index in [1.807, 2.05) is 36.5 Å². The Kier molecular flexibility index (Phi) is 4.54. The first-order valence-corrected chi connectivity index (χ1v) is 6.11. The molecule has 1 unspecified atom stereocenters. The first-order valence-electron chi connectivity index (χ1n) is 6.11. The van der Waals surface area contributed by atoms with Crippen LogP contribution in [0.15, 0.2) is 36.7 Å². The van der Waals surface area contributed by atoms with Crippen LogP contribution >= 0.6 is 0 Å². The normalized spacial score (nSPS) is 11.8. The van der Waals surface area contributed by atoms with E-state index in [4.69, 9.17) is 10.00 Å². The third kappa shape index (κ3) is 3.83. The van der Waals surface area contributed by atoms with E-state index in [-0.39, 0.29) is 12.6 Å². The van der Waals surface area contributed by atoms with Crippen molar-refractivity contribution in [3.8, 4) is 11.8 Å². The van der Waals surface area contributed by atoms with Gasteiger partial charge in [0.2, 0.25) is 0 Å². The molecule has 5 nitrogen and oxygen atoms in total. The van der Waals surface area contributed by atoms with Gasteiger partial charge in [-0.2, -0.15) is 5.26 Å². The summed E-state index contributed by atoms with van der Waals surface area (Å²) < 4.78 is 5.27. The maximum Gasteiger partial charge on any atom is 0.174 e. The lowest BCUT2D eigenvalue weighted by molar-refractivity contribution is 0.367. The first kappa shape index (κ1) is 13.1. The number of aromatic nitrogens is 2. The van der Waals surface area contributed by atoms with Crippen molar-refractivity contribution in [1.29, 1.82) is 5.26 Å². The van der Waals surface area contributed by atoms with Crippen LogP contribution in [0.4, 0.5) is 0 Å². The lowest BCUT2D eigenvalue weighted by Gasteiger charge is -2.12. The minimum absolute atomic E-state index is 0.0691. The van der Waals surface area contributed by atoms with Crippen LogP contribution < -0.4 is 10.1 Å². The van der Waals surface area contributed by atoms with Gasteiger partial charge in [-0.3, -0.25) is 0 Å². The highest BCUT2D eigenvalue weighted by molar-refractivity contribution is 5.28. The molecule has 0 saturated heterocycles. The monoisotopic (exact) mass is 256 g/mol. The molecular weight excluding hydrogens is 240 g/mol. The Labute approximate surface area is 112 Å². The molecule has 0 aliphatic rings. The third-order valence-corrected chi connectivity index (χ3v) is 2.74. The van der Waals surface area contributed by atoms with Crippen LogP contribution in [0, 0.1) is 11.3 Å². The first-order chi connectivity index (χ1) is 9.29. The van der Waals surface area contributed by atoms with Gasteiger partial charge in [0.15, 0.2) is 6.61 Å². The van der Waals surface area contributed by atoms with Gasteiger partial charge >= 0.3 is 0 Å². The second kappa shape index (κ2) is 6.57. The van der Waals surface area contributed by atoms with E-state index in [0.29, 0.717) is 12.3 Å². The number of ether oxygens (including phenoxy) is 1. The number of nitrogens with zero attached hydrogens (tertiary/aromatic N) is 2. The van der Waals surface area contributed by atoms with Crippen LogP contribution in [0.2, 0.25) is 0 Å². The van der Waals surface area contributed by atoms with E-state index in [1.165, 1.54) is 0 Å². The molecule has 0 aliphatic carbocycles. The van der Waals surface area contributed by atoms with Crippen LogP contribution in [0.5, 0.6) is 5.75 Å². The summed E-state index contributed by atoms with van der Waals surface area (Å²) in [6, 6.07) is 9.81. The lowest BCUT2D eigenvalue weighted by atomic mass is 10.2. The van der Waals surface area contributed by atoms with E-state index in [2.05, 4.69) is 22.2 Å². The Bertz CT molecular complexity index is 545. The molecule has 1 aromatic carbocycles. The van der Waals surface area contributed by atoms with Gasteiger partial charge in [-0.15, -0.1) is 0 Å². The number of aromatic amines is 1. The molecule has 0 bridgehead atoms. The summed E-state index contributed by atoms with van der Waals surface area (Å²) in [4.78, 5) is 7.29. The fourth-order valence-electron chi connectivity index (χ4n) is 1.74. The Morgan fingerprint density at radius 3 is 3.16 bits per heavy atom. The molecule has 1 aromatic heterocycles. The average molecular weight is 256 g/mol. The van der Waals surface area contributed by atoms with Gasteiger partial charge in [0.1, 0.15) is 17.6 Å². The van der Waals surface area contributed by atoms with Crippen molar-refractivity contribution in [2.75, 3.05) is 6.61 Å². The Hall–Kier alpha value is -2.32. The molecular formula is C14H16N4O. The molecule has 5 heteroatoms. The Balaban J connectivity index is 1.90. The average Bonchev–Trinajstić information content (AvgIpc) is 2.97. The van der Waals surface area contributed by atoms with Crippen molar-refractivity contribution < 1.29 is 4.74 Å². The largest absolute Gasteiger partial charge is 0.479 e. The molecule has 98 valence electrons. The standard InChI is InChI=1S/C14H16N4O/c1-11(14-16-6-7-17-14)18-10-12-3-2-4-13(9-12)19-8-5-15/h2-4,6-7,9,11,18H,8,10H2,1H3,(H,16,17). The number of H-pyrrole nitrogens is 1. The summed E-state index contributed by atoms with van der Waals surface area (Å²) >= 11 is 0. The van der Waals surface area contributed by atoms with Crippen LogP contribution in [0.1, 0.15) is 24.4 Å². The summed E-state index contributed by atoms with van der Waals surface area (Å²) in [6.07, 6.45) is 3.55. The molecule has 0 spiro atoms. The maximum atomic E-state index is 8.48. The van der Waals surface area contributed by atoms with E-state index >= 15 is 0 Å². The molecule has 2 rings (SSSR count). The molecule has 0 saturated carbocycles. The van der Waals surface area contributed by atoms with Crippen LogP contribution in [0.25, 0.3) is 0 Å². The van der Waals surface area contributed by atoms with Gasteiger partial charge in [-0.1, -0.05) is 12.1 Å². The van der Waals surface area contributed by atoms with Crippen molar-refractivity contribution in [2.45, 2.75) is 19.5 Å². The highest BCUT2D eigenvalue weighted by Crippen LogP contribution is 2.14. The third-order valence-electron chi connectivity index (χ3n) is 2.74. The quantitative estimate of drug-likeness (QED) is 0.830. The fourth-order valence-corrected chi connectivity index (χ4v) is 1.74. The molecule has 0 amide bonds. The number of imidazole rings is 1. The topological polar surface area (TPSA) is 73.7 Å². The number of nitrogens with one attached hydrogen (secondary N) is 2. The molecule has 2 aromatic rings. The van der Waals surface area contributed by atoms with Gasteiger partial charge in [-0.05, 0) is 24.6 Å². The SMILES string of the molecule is CC(NCc1cccc(OCC#N)c1)c1ncc[nH]1. The van der Waals surface area contributed by atoms with E-state index < -0.39 is 0 Å². The van der Waals surface area contributed by atoms with E-state index in [1.54, 1.807) is 6.20 Å². The summed E-state index contributed by atoms with van der Waals surface area (Å²) in [5.41, 5.74) is 1.11. The number of nitriles is 1. The fraction of sp³-hybridized carbons (Fsp3) is 0.286. The number of benzene rings is 1. The summed E-state index contributed by atoms with van der Waals surface area (Å²) in [5, 5.41) is 11.9. The van der Waals surface area contributed by atoms with Crippen molar-refractivity contribution >= 4 is 0 Å². The Morgan fingerprint density at radius 1 is 1.53 bits per heavy atom. The molecule has 19 heavy (non-hydrogen) atoms. The molecule has 0 radical (unpaired) electrons. The van der Waals surface area contributed by atoms with Gasteiger partial charge in [-0.25, -0.2) is 4.98 Å². The molecule has 2 N–H and O–H groups in total. The second-order valence-corrected chi connectivity index (χ2v) is 4.17. The maximum absolute atomic E-state index is 8.48. The van der Waals surface area contributed by atoms with Crippen molar-refractivity contribution in [2.24, 2.45) is 0 Å². The zero-order valence-electron chi connectivity index (χ0n) is 10.8. The van der Waals surface area contributed by atoms with Crippen LogP contribution in [-0.4, -0.2) is 16.6 Å². The summed E-state index contributed by atoms with van der Waals surface area (Å²) in [7, 11) is 0. The van der Waals surface area contributed by atoms with E-state index in [9.17, 15) is 0 Å². The Morgan fingerprint density at radius 2 is 2.42 bits per heavy atom. The van der Waals surface area contributed by atoms with Crippen molar-refractivity contribution in [3.05, 3.63) is 48.0 Å². The molecule has 1 heterocycles. The molecule has 1 atom stereocenters. The van der Waals surface area contributed by atoms with Gasteiger partial charge in [0, 0.05) is 18.9 Å². The summed E-state index contributed by atoms with van der Waals surface area (Å²) in [5.74, 6) is 1.63. The number of hydrogen-bond donors (Lipinski definition) is 2. The van der Waals surface area contributed by atoms with Gasteiger partial charge in [0.05, 0.1) is 6.04 Å². The zero-order chi connectivity index (χ0) is 13.5. The number of rotatable bonds is 6. The van der Waals surface area contributed by atoms with E-state index in [0.717, 1.165) is 11.4 Å². The molecule has 0 fully saturated rings. The minimum atomic E-state index is 0.0691. The van der Waals surface area contributed by atoms with Gasteiger partial charge in [0.25, 0.3) is 0 Å². The highest BCUT2D eigenvalue weighted by atomic mass is 16.5. The van der Waals surface area contributed by atoms with Crippen LogP contribution in [-0.2, 0) is 6.54 Å². The minimum Gasteiger partial charge on any atom is -0.479 e.